The maximum absolute atomic E-state index is 13.3. The summed E-state index contributed by atoms with van der Waals surface area (Å²) in [7, 11) is 1.44. The zero-order chi connectivity index (χ0) is 26.1. The van der Waals surface area contributed by atoms with E-state index in [2.05, 4.69) is 25.1 Å². The van der Waals surface area contributed by atoms with Gasteiger partial charge >= 0.3 is 0 Å². The predicted molar refractivity (Wildman–Crippen MR) is 143 cm³/mol. The fourth-order valence-electron chi connectivity index (χ4n) is 4.44. The second kappa shape index (κ2) is 9.97. The third-order valence-electron chi connectivity index (χ3n) is 6.28. The summed E-state index contributed by atoms with van der Waals surface area (Å²) in [6.07, 6.45) is 1.80. The van der Waals surface area contributed by atoms with E-state index in [1.807, 2.05) is 32.0 Å². The first kappa shape index (κ1) is 24.4. The lowest BCUT2D eigenvalue weighted by atomic mass is 10.1. The van der Waals surface area contributed by atoms with Crippen molar-refractivity contribution in [3.8, 4) is 5.75 Å². The maximum Gasteiger partial charge on any atom is 0.271 e. The number of ether oxygens (including phenoxy) is 1. The van der Waals surface area contributed by atoms with E-state index in [9.17, 15) is 14.9 Å². The second-order valence-corrected chi connectivity index (χ2v) is 9.59. The Hall–Kier alpha value is -4.32. The van der Waals surface area contributed by atoms with Gasteiger partial charge in [0.1, 0.15) is 28.0 Å². The molecule has 1 aliphatic rings. The van der Waals surface area contributed by atoms with E-state index in [1.54, 1.807) is 6.20 Å². The molecule has 1 amide bonds. The van der Waals surface area contributed by atoms with Gasteiger partial charge in [-0.25, -0.2) is 15.0 Å². The van der Waals surface area contributed by atoms with E-state index in [0.717, 1.165) is 53.6 Å². The standard InChI is InChI=1S/C25H25N7O4S/c1-15-21-23(31-12-10-30(11-13-31)20-6-4-5-9-26-20)27-16(2)28-25(21)37-22(15)24(33)29-18-14-17(32(34)35)7-8-19(18)36-3/h4-9,14H,10-13H2,1-3H3,(H,29,33). The largest absolute Gasteiger partial charge is 0.495 e. The summed E-state index contributed by atoms with van der Waals surface area (Å²) in [6.45, 7) is 6.82. The molecule has 0 bridgehead atoms. The van der Waals surface area contributed by atoms with Crippen molar-refractivity contribution in [3.63, 3.8) is 0 Å². The average Bonchev–Trinajstić information content (AvgIpc) is 3.24. The van der Waals surface area contributed by atoms with E-state index >= 15 is 0 Å². The van der Waals surface area contributed by atoms with Crippen LogP contribution in [0.25, 0.3) is 10.2 Å². The van der Waals surface area contributed by atoms with Gasteiger partial charge in [-0.3, -0.25) is 14.9 Å². The molecule has 0 aliphatic carbocycles. The summed E-state index contributed by atoms with van der Waals surface area (Å²) in [4.78, 5) is 43.5. The van der Waals surface area contributed by atoms with Crippen molar-refractivity contribution in [2.45, 2.75) is 13.8 Å². The van der Waals surface area contributed by atoms with Gasteiger partial charge in [0, 0.05) is 44.5 Å². The Labute approximate surface area is 216 Å². The van der Waals surface area contributed by atoms with Crippen molar-refractivity contribution in [3.05, 3.63) is 69.0 Å². The minimum absolute atomic E-state index is 0.141. The number of amides is 1. The van der Waals surface area contributed by atoms with Gasteiger partial charge in [0.2, 0.25) is 0 Å². The van der Waals surface area contributed by atoms with Gasteiger partial charge in [0.25, 0.3) is 11.6 Å². The predicted octanol–water partition coefficient (Wildman–Crippen LogP) is 4.20. The Balaban J connectivity index is 1.44. The molecule has 1 saturated heterocycles. The number of rotatable bonds is 6. The molecular weight excluding hydrogens is 494 g/mol. The molecule has 4 aromatic rings. The molecule has 0 unspecified atom stereocenters. The van der Waals surface area contributed by atoms with E-state index in [1.165, 1.54) is 36.6 Å². The van der Waals surface area contributed by atoms with Crippen LogP contribution in [0.1, 0.15) is 21.1 Å². The molecule has 37 heavy (non-hydrogen) atoms. The SMILES string of the molecule is COc1ccc([N+](=O)[O-])cc1NC(=O)c1sc2nc(C)nc(N3CCN(c4ccccn4)CC3)c2c1C. The number of nitro benzene ring substituents is 1. The lowest BCUT2D eigenvalue weighted by Gasteiger charge is -2.36. The molecule has 0 spiro atoms. The normalized spacial score (nSPS) is 13.6. The topological polar surface area (TPSA) is 127 Å². The summed E-state index contributed by atoms with van der Waals surface area (Å²) < 4.78 is 5.29. The molecule has 4 heterocycles. The van der Waals surface area contributed by atoms with Crippen LogP contribution in [0.4, 0.5) is 23.0 Å². The Morgan fingerprint density at radius 3 is 2.54 bits per heavy atom. The van der Waals surface area contributed by atoms with Crippen LogP contribution in [0.5, 0.6) is 5.75 Å². The molecule has 0 atom stereocenters. The summed E-state index contributed by atoms with van der Waals surface area (Å²) in [5.41, 5.74) is 0.855. The quantitative estimate of drug-likeness (QED) is 0.294. The van der Waals surface area contributed by atoms with Gasteiger partial charge in [-0.15, -0.1) is 11.3 Å². The molecule has 190 valence electrons. The first-order valence-electron chi connectivity index (χ1n) is 11.7. The third kappa shape index (κ3) is 4.75. The van der Waals surface area contributed by atoms with Gasteiger partial charge in [0.05, 0.1) is 28.0 Å². The van der Waals surface area contributed by atoms with Crippen molar-refractivity contribution in [1.82, 2.24) is 15.0 Å². The van der Waals surface area contributed by atoms with Crippen LogP contribution >= 0.6 is 11.3 Å². The lowest BCUT2D eigenvalue weighted by molar-refractivity contribution is -0.384. The highest BCUT2D eigenvalue weighted by Gasteiger charge is 2.26. The summed E-state index contributed by atoms with van der Waals surface area (Å²) in [5.74, 6) is 2.34. The second-order valence-electron chi connectivity index (χ2n) is 8.59. The minimum atomic E-state index is -0.516. The third-order valence-corrected chi connectivity index (χ3v) is 7.47. The highest BCUT2D eigenvalue weighted by molar-refractivity contribution is 7.20. The molecule has 0 saturated carbocycles. The van der Waals surface area contributed by atoms with Gasteiger partial charge < -0.3 is 19.9 Å². The highest BCUT2D eigenvalue weighted by Crippen LogP contribution is 2.37. The number of aryl methyl sites for hydroxylation is 2. The molecule has 1 N–H and O–H groups in total. The highest BCUT2D eigenvalue weighted by atomic mass is 32.1. The Bertz CT molecular complexity index is 1480. The minimum Gasteiger partial charge on any atom is -0.495 e. The maximum atomic E-state index is 13.3. The number of pyridine rings is 1. The number of hydrogen-bond donors (Lipinski definition) is 1. The number of nitrogens with one attached hydrogen (secondary N) is 1. The average molecular weight is 520 g/mol. The van der Waals surface area contributed by atoms with Crippen LogP contribution in [0, 0.1) is 24.0 Å². The molecule has 1 aliphatic heterocycles. The van der Waals surface area contributed by atoms with Crippen molar-refractivity contribution >= 4 is 50.5 Å². The van der Waals surface area contributed by atoms with Crippen LogP contribution in [0.2, 0.25) is 0 Å². The molecular formula is C25H25N7O4S. The molecule has 3 aromatic heterocycles. The summed E-state index contributed by atoms with van der Waals surface area (Å²) >= 11 is 1.28. The van der Waals surface area contributed by atoms with Crippen molar-refractivity contribution in [2.75, 3.05) is 48.4 Å². The first-order valence-corrected chi connectivity index (χ1v) is 12.5. The Morgan fingerprint density at radius 1 is 1.11 bits per heavy atom. The van der Waals surface area contributed by atoms with Crippen molar-refractivity contribution in [2.24, 2.45) is 0 Å². The van der Waals surface area contributed by atoms with E-state index in [-0.39, 0.29) is 17.3 Å². The molecule has 1 fully saturated rings. The fraction of sp³-hybridized carbons (Fsp3) is 0.280. The molecule has 0 radical (unpaired) electrons. The zero-order valence-corrected chi connectivity index (χ0v) is 21.4. The van der Waals surface area contributed by atoms with Gasteiger partial charge in [0.15, 0.2) is 0 Å². The first-order chi connectivity index (χ1) is 17.9. The number of non-ortho nitro benzene ring substituents is 1. The number of carbonyl (C=O) groups is 1. The van der Waals surface area contributed by atoms with E-state index in [4.69, 9.17) is 9.72 Å². The molecule has 11 nitrogen and oxygen atoms in total. The zero-order valence-electron chi connectivity index (χ0n) is 20.6. The molecule has 5 rings (SSSR count). The van der Waals surface area contributed by atoms with Crippen LogP contribution in [-0.4, -0.2) is 59.1 Å². The summed E-state index contributed by atoms with van der Waals surface area (Å²) in [5, 5.41) is 14.9. The van der Waals surface area contributed by atoms with Gasteiger partial charge in [-0.1, -0.05) is 6.07 Å². The van der Waals surface area contributed by atoms with Crippen LogP contribution in [-0.2, 0) is 0 Å². The van der Waals surface area contributed by atoms with Crippen molar-refractivity contribution in [1.29, 1.82) is 0 Å². The number of carbonyl (C=O) groups excluding carboxylic acids is 1. The lowest BCUT2D eigenvalue weighted by Crippen LogP contribution is -2.47. The van der Waals surface area contributed by atoms with Crippen molar-refractivity contribution < 1.29 is 14.5 Å². The Morgan fingerprint density at radius 2 is 1.86 bits per heavy atom. The number of benzene rings is 1. The van der Waals surface area contributed by atoms with E-state index in [0.29, 0.717) is 16.5 Å². The number of methoxy groups -OCH3 is 1. The van der Waals surface area contributed by atoms with E-state index < -0.39 is 4.92 Å². The number of fused-ring (bicyclic) bond motifs is 1. The number of aromatic nitrogens is 3. The van der Waals surface area contributed by atoms with Crippen LogP contribution in [0.3, 0.4) is 0 Å². The monoisotopic (exact) mass is 519 g/mol. The smallest absolute Gasteiger partial charge is 0.271 e. The number of thiophene rings is 1. The number of hydrogen-bond acceptors (Lipinski definition) is 10. The Kier molecular flexibility index (Phi) is 6.57. The van der Waals surface area contributed by atoms with Gasteiger partial charge in [-0.2, -0.15) is 0 Å². The van der Waals surface area contributed by atoms with Crippen LogP contribution in [0.15, 0.2) is 42.6 Å². The summed E-state index contributed by atoms with van der Waals surface area (Å²) in [6, 6.07) is 9.97. The number of anilines is 3. The molecule has 12 heteroatoms. The number of piperazine rings is 1. The fourth-order valence-corrected chi connectivity index (χ4v) is 5.56. The van der Waals surface area contributed by atoms with Crippen LogP contribution < -0.4 is 19.9 Å². The number of nitrogens with zero attached hydrogens (tertiary/aromatic N) is 6. The number of nitro groups is 1. The van der Waals surface area contributed by atoms with Gasteiger partial charge in [-0.05, 0) is 37.6 Å². The molecule has 1 aromatic carbocycles.